The number of carbonyl (C=O) groups is 4. The van der Waals surface area contributed by atoms with Crippen LogP contribution in [-0.2, 0) is 33.4 Å². The Morgan fingerprint density at radius 2 is 2.04 bits per heavy atom. The van der Waals surface area contributed by atoms with Gasteiger partial charge in [-0.3, -0.25) is 19.2 Å². The Morgan fingerprint density at radius 3 is 2.61 bits per heavy atom. The average Bonchev–Trinajstić information content (AvgIpc) is 2.45. The smallest absolute Gasteiger partial charge is 0.308 e. The van der Waals surface area contributed by atoms with Crippen molar-refractivity contribution in [2.75, 3.05) is 6.54 Å². The summed E-state index contributed by atoms with van der Waals surface area (Å²) in [5, 5.41) is 2.45. The fourth-order valence-electron chi connectivity index (χ4n) is 1.79. The van der Waals surface area contributed by atoms with Gasteiger partial charge in [-0.2, -0.15) is 0 Å². The molecule has 23 heavy (non-hydrogen) atoms. The summed E-state index contributed by atoms with van der Waals surface area (Å²) in [7, 11) is 0. The van der Waals surface area contributed by atoms with Crippen molar-refractivity contribution in [3.63, 3.8) is 0 Å². The standard InChI is InChI=1S/C15H17NO7/c1-4-7-16-13(19)6-5-11-15(20)12(21-9(2)17)8-14(23-11)22-10(3)18/h1,8,11,14H,5-7H2,2-3H3,(H,16,19)/t11-,14+/m1/s1. The number of ether oxygens (including phenoxy) is 3. The number of hydrogen-bond donors (Lipinski definition) is 1. The molecule has 0 bridgehead atoms. The third-order valence-electron chi connectivity index (χ3n) is 2.68. The van der Waals surface area contributed by atoms with Crippen molar-refractivity contribution in [1.82, 2.24) is 5.32 Å². The van der Waals surface area contributed by atoms with Gasteiger partial charge in [-0.05, 0) is 6.42 Å². The van der Waals surface area contributed by atoms with E-state index in [2.05, 4.69) is 11.2 Å². The van der Waals surface area contributed by atoms with E-state index in [0.29, 0.717) is 0 Å². The lowest BCUT2D eigenvalue weighted by Gasteiger charge is -2.26. The van der Waals surface area contributed by atoms with Gasteiger partial charge in [0.05, 0.1) is 6.54 Å². The number of rotatable bonds is 6. The molecule has 1 amide bonds. The minimum Gasteiger partial charge on any atom is -0.432 e. The summed E-state index contributed by atoms with van der Waals surface area (Å²) in [5.41, 5.74) is 0. The van der Waals surface area contributed by atoms with Crippen LogP contribution in [0.25, 0.3) is 0 Å². The highest BCUT2D eigenvalue weighted by Gasteiger charge is 2.34. The molecule has 124 valence electrons. The zero-order chi connectivity index (χ0) is 17.4. The van der Waals surface area contributed by atoms with Gasteiger partial charge < -0.3 is 19.5 Å². The molecule has 1 rings (SSSR count). The fraction of sp³-hybridized carbons (Fsp3) is 0.467. The third-order valence-corrected chi connectivity index (χ3v) is 2.68. The minimum absolute atomic E-state index is 0.0195. The molecular formula is C15H17NO7. The molecule has 0 saturated carbocycles. The number of carbonyl (C=O) groups excluding carboxylic acids is 4. The highest BCUT2D eigenvalue weighted by molar-refractivity contribution is 5.99. The molecule has 2 atom stereocenters. The summed E-state index contributed by atoms with van der Waals surface area (Å²) in [6.45, 7) is 2.38. The van der Waals surface area contributed by atoms with E-state index in [-0.39, 0.29) is 31.1 Å². The third kappa shape index (κ3) is 6.32. The molecular weight excluding hydrogens is 306 g/mol. The molecule has 0 aromatic rings. The monoisotopic (exact) mass is 323 g/mol. The van der Waals surface area contributed by atoms with Crippen LogP contribution in [0.15, 0.2) is 11.8 Å². The van der Waals surface area contributed by atoms with Gasteiger partial charge in [0.2, 0.25) is 18.0 Å². The van der Waals surface area contributed by atoms with Crippen LogP contribution >= 0.6 is 0 Å². The number of esters is 2. The molecule has 1 aliphatic rings. The van der Waals surface area contributed by atoms with Crippen LogP contribution in [0.4, 0.5) is 0 Å². The first kappa shape index (κ1) is 18.4. The largest absolute Gasteiger partial charge is 0.432 e. The number of amides is 1. The Labute approximate surface area is 133 Å². The first-order chi connectivity index (χ1) is 10.8. The van der Waals surface area contributed by atoms with E-state index >= 15 is 0 Å². The molecule has 0 saturated heterocycles. The Bertz CT molecular complexity index is 573. The van der Waals surface area contributed by atoms with Gasteiger partial charge in [-0.25, -0.2) is 0 Å². The van der Waals surface area contributed by atoms with E-state index in [0.717, 1.165) is 13.0 Å². The second-order valence-electron chi connectivity index (χ2n) is 4.61. The van der Waals surface area contributed by atoms with Crippen LogP contribution in [-0.4, -0.2) is 42.6 Å². The summed E-state index contributed by atoms with van der Waals surface area (Å²) in [5.74, 6) is -0.311. The maximum Gasteiger partial charge on any atom is 0.308 e. The normalized spacial score (nSPS) is 20.0. The van der Waals surface area contributed by atoms with Crippen molar-refractivity contribution in [2.24, 2.45) is 0 Å². The van der Waals surface area contributed by atoms with Crippen LogP contribution in [0.1, 0.15) is 26.7 Å². The topological polar surface area (TPSA) is 108 Å². The first-order valence-corrected chi connectivity index (χ1v) is 6.80. The molecule has 0 radical (unpaired) electrons. The second-order valence-corrected chi connectivity index (χ2v) is 4.61. The van der Waals surface area contributed by atoms with Crippen molar-refractivity contribution < 1.29 is 33.4 Å². The number of terminal acetylenes is 1. The number of Topliss-reactive ketones (excluding diaryl/α,β-unsaturated/α-hetero) is 1. The number of ketones is 1. The Morgan fingerprint density at radius 1 is 1.35 bits per heavy atom. The van der Waals surface area contributed by atoms with Crippen LogP contribution in [0.3, 0.4) is 0 Å². The zero-order valence-electron chi connectivity index (χ0n) is 12.8. The Hall–Kier alpha value is -2.66. The number of hydrogen-bond acceptors (Lipinski definition) is 7. The molecule has 0 unspecified atom stereocenters. The van der Waals surface area contributed by atoms with Crippen LogP contribution < -0.4 is 5.32 Å². The quantitative estimate of drug-likeness (QED) is 0.533. The molecule has 0 spiro atoms. The lowest BCUT2D eigenvalue weighted by atomic mass is 10.1. The molecule has 0 fully saturated rings. The Kier molecular flexibility index (Phi) is 6.96. The van der Waals surface area contributed by atoms with Crippen molar-refractivity contribution in [3.05, 3.63) is 11.8 Å². The van der Waals surface area contributed by atoms with Gasteiger partial charge in [0.1, 0.15) is 6.10 Å². The first-order valence-electron chi connectivity index (χ1n) is 6.80. The van der Waals surface area contributed by atoms with Crippen molar-refractivity contribution in [3.8, 4) is 12.3 Å². The predicted octanol–water partition coefficient (Wildman–Crippen LogP) is -0.180. The lowest BCUT2D eigenvalue weighted by Crippen LogP contribution is -2.38. The van der Waals surface area contributed by atoms with E-state index in [1.54, 1.807) is 0 Å². The molecule has 0 aromatic heterocycles. The van der Waals surface area contributed by atoms with Gasteiger partial charge in [-0.15, -0.1) is 6.42 Å². The lowest BCUT2D eigenvalue weighted by molar-refractivity contribution is -0.184. The second kappa shape index (κ2) is 8.70. The summed E-state index contributed by atoms with van der Waals surface area (Å²) in [6, 6.07) is 0. The average molecular weight is 323 g/mol. The summed E-state index contributed by atoms with van der Waals surface area (Å²) < 4.78 is 14.9. The maximum atomic E-state index is 12.1. The summed E-state index contributed by atoms with van der Waals surface area (Å²) in [6.07, 6.45) is 3.86. The van der Waals surface area contributed by atoms with Gasteiger partial charge in [0, 0.05) is 26.3 Å². The summed E-state index contributed by atoms with van der Waals surface area (Å²) in [4.78, 5) is 45.7. The van der Waals surface area contributed by atoms with E-state index < -0.39 is 30.1 Å². The van der Waals surface area contributed by atoms with Crippen LogP contribution in [0.2, 0.25) is 0 Å². The molecule has 0 aromatic carbocycles. The molecule has 8 nitrogen and oxygen atoms in total. The van der Waals surface area contributed by atoms with E-state index in [9.17, 15) is 19.2 Å². The fourth-order valence-corrected chi connectivity index (χ4v) is 1.79. The van der Waals surface area contributed by atoms with Crippen molar-refractivity contribution in [2.45, 2.75) is 39.1 Å². The molecule has 1 heterocycles. The van der Waals surface area contributed by atoms with E-state index in [1.807, 2.05) is 0 Å². The van der Waals surface area contributed by atoms with Gasteiger partial charge in [-0.1, -0.05) is 5.92 Å². The summed E-state index contributed by atoms with van der Waals surface area (Å²) >= 11 is 0. The van der Waals surface area contributed by atoms with Crippen molar-refractivity contribution >= 4 is 23.6 Å². The van der Waals surface area contributed by atoms with E-state index in [1.165, 1.54) is 6.92 Å². The minimum atomic E-state index is -1.17. The maximum absolute atomic E-state index is 12.1. The Balaban J connectivity index is 2.75. The van der Waals surface area contributed by atoms with Gasteiger partial charge in [0.15, 0.2) is 5.76 Å². The van der Waals surface area contributed by atoms with Gasteiger partial charge >= 0.3 is 11.9 Å². The number of nitrogens with one attached hydrogen (secondary N) is 1. The van der Waals surface area contributed by atoms with E-state index in [4.69, 9.17) is 20.6 Å². The van der Waals surface area contributed by atoms with Crippen LogP contribution in [0, 0.1) is 12.3 Å². The highest BCUT2D eigenvalue weighted by Crippen LogP contribution is 2.21. The molecule has 0 aliphatic carbocycles. The van der Waals surface area contributed by atoms with Gasteiger partial charge in [0.25, 0.3) is 0 Å². The highest BCUT2D eigenvalue weighted by atomic mass is 16.7. The zero-order valence-corrected chi connectivity index (χ0v) is 12.8. The molecule has 1 N–H and O–H groups in total. The molecule has 1 aliphatic heterocycles. The van der Waals surface area contributed by atoms with Crippen LogP contribution in [0.5, 0.6) is 0 Å². The SMILES string of the molecule is C#CCNC(=O)CC[C@H]1O[C@H](OC(C)=O)C=C(OC(C)=O)C1=O. The van der Waals surface area contributed by atoms with Crippen molar-refractivity contribution in [1.29, 1.82) is 0 Å². The molecule has 8 heteroatoms. The predicted molar refractivity (Wildman–Crippen MR) is 76.4 cm³/mol.